The molecule has 1 amide bonds. The van der Waals surface area contributed by atoms with E-state index in [-0.39, 0.29) is 18.5 Å². The second kappa shape index (κ2) is 7.21. The Morgan fingerprint density at radius 3 is 2.85 bits per heavy atom. The van der Waals surface area contributed by atoms with E-state index in [0.29, 0.717) is 0 Å². The molecule has 1 aromatic heterocycles. The van der Waals surface area contributed by atoms with Crippen LogP contribution in [-0.4, -0.2) is 49.8 Å². The molecule has 2 rings (SSSR count). The van der Waals surface area contributed by atoms with Gasteiger partial charge in [0.1, 0.15) is 11.9 Å². The van der Waals surface area contributed by atoms with Crippen LogP contribution in [0, 0.1) is 0 Å². The lowest BCUT2D eigenvalue weighted by Crippen LogP contribution is -2.49. The van der Waals surface area contributed by atoms with Crippen LogP contribution >= 0.6 is 0 Å². The van der Waals surface area contributed by atoms with Gasteiger partial charge in [-0.1, -0.05) is 6.07 Å². The number of aromatic nitrogens is 1. The third kappa shape index (κ3) is 3.68. The van der Waals surface area contributed by atoms with Gasteiger partial charge in [-0.05, 0) is 25.0 Å². The molecule has 6 heteroatoms. The Morgan fingerprint density at radius 1 is 1.55 bits per heavy atom. The highest BCUT2D eigenvalue weighted by molar-refractivity contribution is 5.81. The van der Waals surface area contributed by atoms with Crippen LogP contribution in [0.4, 0.5) is 5.82 Å². The Morgan fingerprint density at radius 2 is 2.30 bits per heavy atom. The van der Waals surface area contributed by atoms with Crippen LogP contribution < -0.4 is 16.0 Å². The first kappa shape index (κ1) is 14.7. The number of piperidine rings is 1. The van der Waals surface area contributed by atoms with Gasteiger partial charge in [0, 0.05) is 39.0 Å². The standard InChI is InChI=1S/C14H22N4O2/c1-20-12(10-15)14(19)17-11-5-8-18(9-6-11)13-4-2-3-7-16-13/h2-4,7,11-12H,5-6,8-10,15H2,1H3,(H,17,19). The van der Waals surface area contributed by atoms with Gasteiger partial charge in [-0.2, -0.15) is 0 Å². The molecular formula is C14H22N4O2. The molecule has 1 atom stereocenters. The van der Waals surface area contributed by atoms with Gasteiger partial charge < -0.3 is 20.7 Å². The summed E-state index contributed by atoms with van der Waals surface area (Å²) in [7, 11) is 1.50. The van der Waals surface area contributed by atoms with Crippen molar-refractivity contribution in [2.24, 2.45) is 5.73 Å². The average Bonchev–Trinajstić information content (AvgIpc) is 2.50. The minimum absolute atomic E-state index is 0.119. The van der Waals surface area contributed by atoms with Gasteiger partial charge in [-0.15, -0.1) is 0 Å². The van der Waals surface area contributed by atoms with Gasteiger partial charge in [0.2, 0.25) is 0 Å². The summed E-state index contributed by atoms with van der Waals surface area (Å²) in [5.41, 5.74) is 5.49. The second-order valence-electron chi connectivity index (χ2n) is 4.92. The molecule has 0 aliphatic carbocycles. The molecule has 6 nitrogen and oxygen atoms in total. The van der Waals surface area contributed by atoms with Gasteiger partial charge in [0.05, 0.1) is 0 Å². The van der Waals surface area contributed by atoms with E-state index < -0.39 is 6.10 Å². The zero-order valence-corrected chi connectivity index (χ0v) is 11.8. The van der Waals surface area contributed by atoms with Crippen molar-refractivity contribution in [3.8, 4) is 0 Å². The average molecular weight is 278 g/mol. The van der Waals surface area contributed by atoms with Gasteiger partial charge in [0.15, 0.2) is 0 Å². The van der Waals surface area contributed by atoms with Crippen molar-refractivity contribution >= 4 is 11.7 Å². The van der Waals surface area contributed by atoms with E-state index in [0.717, 1.165) is 31.7 Å². The summed E-state index contributed by atoms with van der Waals surface area (Å²) in [5.74, 6) is 0.875. The number of pyridine rings is 1. The summed E-state index contributed by atoms with van der Waals surface area (Å²) in [6.45, 7) is 1.99. The first-order valence-electron chi connectivity index (χ1n) is 6.93. The maximum absolute atomic E-state index is 11.9. The summed E-state index contributed by atoms with van der Waals surface area (Å²) in [6.07, 6.45) is 3.06. The Bertz CT molecular complexity index is 414. The number of carbonyl (C=O) groups excluding carboxylic acids is 1. The number of methoxy groups -OCH3 is 1. The number of nitrogens with two attached hydrogens (primary N) is 1. The van der Waals surface area contributed by atoms with Crippen LogP contribution in [0.1, 0.15) is 12.8 Å². The van der Waals surface area contributed by atoms with Crippen molar-refractivity contribution in [1.82, 2.24) is 10.3 Å². The lowest BCUT2D eigenvalue weighted by molar-refractivity contribution is -0.131. The number of ether oxygens (including phenoxy) is 1. The number of rotatable bonds is 5. The van der Waals surface area contributed by atoms with Gasteiger partial charge in [0.25, 0.3) is 5.91 Å². The van der Waals surface area contributed by atoms with Gasteiger partial charge in [-0.25, -0.2) is 4.98 Å². The zero-order valence-electron chi connectivity index (χ0n) is 11.8. The predicted molar refractivity (Wildman–Crippen MR) is 77.5 cm³/mol. The van der Waals surface area contributed by atoms with E-state index in [9.17, 15) is 4.79 Å². The smallest absolute Gasteiger partial charge is 0.250 e. The fourth-order valence-corrected chi connectivity index (χ4v) is 2.40. The predicted octanol–water partition coefficient (Wildman–Crippen LogP) is 0.140. The van der Waals surface area contributed by atoms with Crippen LogP contribution in [0.2, 0.25) is 0 Å². The van der Waals surface area contributed by atoms with E-state index in [4.69, 9.17) is 10.5 Å². The van der Waals surface area contributed by atoms with Crippen molar-refractivity contribution in [2.45, 2.75) is 25.0 Å². The third-order valence-corrected chi connectivity index (χ3v) is 3.61. The number of anilines is 1. The fourth-order valence-electron chi connectivity index (χ4n) is 2.40. The van der Waals surface area contributed by atoms with Crippen LogP contribution in [0.15, 0.2) is 24.4 Å². The maximum Gasteiger partial charge on any atom is 0.250 e. The van der Waals surface area contributed by atoms with E-state index >= 15 is 0 Å². The third-order valence-electron chi connectivity index (χ3n) is 3.61. The number of nitrogens with one attached hydrogen (secondary N) is 1. The van der Waals surface area contributed by atoms with Crippen LogP contribution in [0.5, 0.6) is 0 Å². The summed E-state index contributed by atoms with van der Waals surface area (Å²) in [6, 6.07) is 6.09. The Balaban J connectivity index is 1.81. The SMILES string of the molecule is COC(CN)C(=O)NC1CCN(c2ccccn2)CC1. The highest BCUT2D eigenvalue weighted by atomic mass is 16.5. The summed E-state index contributed by atoms with van der Waals surface area (Å²) in [4.78, 5) is 18.5. The van der Waals surface area contributed by atoms with Crippen molar-refractivity contribution in [1.29, 1.82) is 0 Å². The molecular weight excluding hydrogens is 256 g/mol. The monoisotopic (exact) mass is 278 g/mol. The molecule has 0 spiro atoms. The molecule has 0 aromatic carbocycles. The Kier molecular flexibility index (Phi) is 5.31. The van der Waals surface area contributed by atoms with Crippen LogP contribution in [0.25, 0.3) is 0 Å². The summed E-state index contributed by atoms with van der Waals surface area (Å²) < 4.78 is 5.04. The first-order valence-corrected chi connectivity index (χ1v) is 6.93. The number of hydrogen-bond acceptors (Lipinski definition) is 5. The number of carbonyl (C=O) groups is 1. The Hall–Kier alpha value is -1.66. The topological polar surface area (TPSA) is 80.5 Å². The summed E-state index contributed by atoms with van der Waals surface area (Å²) >= 11 is 0. The maximum atomic E-state index is 11.9. The lowest BCUT2D eigenvalue weighted by atomic mass is 10.0. The fraction of sp³-hybridized carbons (Fsp3) is 0.571. The minimum atomic E-state index is -0.552. The normalized spacial score (nSPS) is 17.8. The molecule has 0 saturated carbocycles. The Labute approximate surface area is 119 Å². The second-order valence-corrected chi connectivity index (χ2v) is 4.92. The van der Waals surface area contributed by atoms with Gasteiger partial charge in [-0.3, -0.25) is 4.79 Å². The summed E-state index contributed by atoms with van der Waals surface area (Å²) in [5, 5.41) is 3.00. The van der Waals surface area contributed by atoms with Crippen molar-refractivity contribution in [3.63, 3.8) is 0 Å². The zero-order chi connectivity index (χ0) is 14.4. The van der Waals surface area contributed by atoms with E-state index in [1.807, 2.05) is 18.2 Å². The molecule has 0 radical (unpaired) electrons. The van der Waals surface area contributed by atoms with Gasteiger partial charge >= 0.3 is 0 Å². The highest BCUT2D eigenvalue weighted by Gasteiger charge is 2.24. The highest BCUT2D eigenvalue weighted by Crippen LogP contribution is 2.17. The number of amides is 1. The number of hydrogen-bond donors (Lipinski definition) is 2. The molecule has 1 saturated heterocycles. The molecule has 1 aromatic rings. The molecule has 110 valence electrons. The molecule has 0 bridgehead atoms. The first-order chi connectivity index (χ1) is 9.74. The van der Waals surface area contributed by atoms with Crippen molar-refractivity contribution in [2.75, 3.05) is 31.6 Å². The number of nitrogens with zero attached hydrogens (tertiary/aromatic N) is 2. The molecule has 3 N–H and O–H groups in total. The van der Waals surface area contributed by atoms with Crippen molar-refractivity contribution < 1.29 is 9.53 Å². The van der Waals surface area contributed by atoms with E-state index in [1.165, 1.54) is 7.11 Å². The van der Waals surface area contributed by atoms with Crippen molar-refractivity contribution in [3.05, 3.63) is 24.4 Å². The van der Waals surface area contributed by atoms with Crippen LogP contribution in [0.3, 0.4) is 0 Å². The molecule has 2 heterocycles. The van der Waals surface area contributed by atoms with E-state index in [2.05, 4.69) is 15.2 Å². The molecule has 1 fully saturated rings. The van der Waals surface area contributed by atoms with E-state index in [1.54, 1.807) is 6.20 Å². The molecule has 1 unspecified atom stereocenters. The molecule has 1 aliphatic rings. The minimum Gasteiger partial charge on any atom is -0.370 e. The van der Waals surface area contributed by atoms with Crippen LogP contribution in [-0.2, 0) is 9.53 Å². The molecule has 20 heavy (non-hydrogen) atoms. The lowest BCUT2D eigenvalue weighted by Gasteiger charge is -2.33. The molecule has 1 aliphatic heterocycles. The largest absolute Gasteiger partial charge is 0.370 e. The quantitative estimate of drug-likeness (QED) is 0.801.